The molecular weight excluding hydrogens is 308 g/mol. The molecule has 1 saturated heterocycles. The first kappa shape index (κ1) is 18.3. The van der Waals surface area contributed by atoms with Gasteiger partial charge in [0.2, 0.25) is 5.91 Å². The molecule has 0 bridgehead atoms. The molecule has 2 aliphatic rings. The molecule has 128 valence electrons. The molecule has 2 fully saturated rings. The van der Waals surface area contributed by atoms with Crippen LogP contribution in [0, 0.1) is 5.92 Å². The van der Waals surface area contributed by atoms with Gasteiger partial charge in [-0.25, -0.2) is 0 Å². The van der Waals surface area contributed by atoms with Crippen LogP contribution in [0.3, 0.4) is 0 Å². The molecule has 4 heteroatoms. The van der Waals surface area contributed by atoms with Crippen LogP contribution in [-0.4, -0.2) is 36.5 Å². The van der Waals surface area contributed by atoms with E-state index >= 15 is 0 Å². The summed E-state index contributed by atoms with van der Waals surface area (Å²) in [4.78, 5) is 14.6. The number of carbonyl (C=O) groups excluding carboxylic acids is 1. The van der Waals surface area contributed by atoms with E-state index in [2.05, 4.69) is 47.5 Å². The molecule has 1 aromatic carbocycles. The Morgan fingerprint density at radius 1 is 1.17 bits per heavy atom. The fourth-order valence-electron chi connectivity index (χ4n) is 4.00. The minimum absolute atomic E-state index is 0. The summed E-state index contributed by atoms with van der Waals surface area (Å²) in [5.41, 5.74) is 1.48. The van der Waals surface area contributed by atoms with E-state index in [-0.39, 0.29) is 12.4 Å². The maximum absolute atomic E-state index is 12.5. The van der Waals surface area contributed by atoms with E-state index in [1.165, 1.54) is 31.2 Å². The Hall–Kier alpha value is -1.06. The van der Waals surface area contributed by atoms with Gasteiger partial charge in [-0.3, -0.25) is 4.79 Å². The summed E-state index contributed by atoms with van der Waals surface area (Å²) in [6.07, 6.45) is 5.63. The molecule has 0 unspecified atom stereocenters. The third-order valence-electron chi connectivity index (χ3n) is 5.40. The second kappa shape index (κ2) is 8.70. The van der Waals surface area contributed by atoms with Crippen LogP contribution in [0.15, 0.2) is 30.3 Å². The number of benzene rings is 1. The van der Waals surface area contributed by atoms with E-state index < -0.39 is 0 Å². The van der Waals surface area contributed by atoms with Gasteiger partial charge < -0.3 is 10.2 Å². The predicted molar refractivity (Wildman–Crippen MR) is 97.1 cm³/mol. The van der Waals surface area contributed by atoms with Crippen LogP contribution in [0.1, 0.15) is 50.5 Å². The number of piperazine rings is 1. The molecule has 1 N–H and O–H groups in total. The zero-order chi connectivity index (χ0) is 15.4. The Morgan fingerprint density at radius 3 is 2.52 bits per heavy atom. The lowest BCUT2D eigenvalue weighted by Gasteiger charge is -2.36. The number of carbonyl (C=O) groups is 1. The summed E-state index contributed by atoms with van der Waals surface area (Å²) in [5.74, 6) is 1.66. The fourth-order valence-corrected chi connectivity index (χ4v) is 4.00. The van der Waals surface area contributed by atoms with Crippen LogP contribution >= 0.6 is 12.4 Å². The van der Waals surface area contributed by atoms with Crippen molar-refractivity contribution in [2.24, 2.45) is 5.92 Å². The maximum atomic E-state index is 12.5. The molecule has 1 saturated carbocycles. The van der Waals surface area contributed by atoms with Crippen molar-refractivity contribution in [2.75, 3.05) is 19.6 Å². The van der Waals surface area contributed by atoms with Crippen LogP contribution in [-0.2, 0) is 4.79 Å². The fraction of sp³-hybridized carbons (Fsp3) is 0.632. The SMILES string of the molecule is C[C@H]1CNCCN1C(=O)CC1CCC(c2ccccc2)CC1.Cl. The van der Waals surface area contributed by atoms with Crippen molar-refractivity contribution in [2.45, 2.75) is 51.0 Å². The average Bonchev–Trinajstić information content (AvgIpc) is 2.57. The highest BCUT2D eigenvalue weighted by Gasteiger charge is 2.28. The maximum Gasteiger partial charge on any atom is 0.223 e. The Kier molecular flexibility index (Phi) is 6.91. The van der Waals surface area contributed by atoms with Gasteiger partial charge in [0.05, 0.1) is 0 Å². The lowest BCUT2D eigenvalue weighted by Crippen LogP contribution is -2.52. The molecule has 23 heavy (non-hydrogen) atoms. The monoisotopic (exact) mass is 336 g/mol. The molecule has 0 radical (unpaired) electrons. The van der Waals surface area contributed by atoms with Crippen molar-refractivity contribution in [3.63, 3.8) is 0 Å². The van der Waals surface area contributed by atoms with Crippen LogP contribution in [0.4, 0.5) is 0 Å². The topological polar surface area (TPSA) is 32.3 Å². The second-order valence-corrected chi connectivity index (χ2v) is 6.97. The summed E-state index contributed by atoms with van der Waals surface area (Å²) in [7, 11) is 0. The van der Waals surface area contributed by atoms with Gasteiger partial charge in [-0.2, -0.15) is 0 Å². The molecule has 1 amide bonds. The first-order valence-electron chi connectivity index (χ1n) is 8.79. The molecule has 1 aromatic rings. The van der Waals surface area contributed by atoms with Gasteiger partial charge in [0.15, 0.2) is 0 Å². The van der Waals surface area contributed by atoms with Gasteiger partial charge in [-0.1, -0.05) is 30.3 Å². The van der Waals surface area contributed by atoms with E-state index in [0.717, 1.165) is 26.1 Å². The van der Waals surface area contributed by atoms with Gasteiger partial charge in [-0.05, 0) is 50.0 Å². The predicted octanol–water partition coefficient (Wildman–Crippen LogP) is 3.59. The van der Waals surface area contributed by atoms with Crippen LogP contribution in [0.25, 0.3) is 0 Å². The van der Waals surface area contributed by atoms with E-state index in [1.54, 1.807) is 0 Å². The Labute approximate surface area is 146 Å². The molecule has 0 spiro atoms. The van der Waals surface area contributed by atoms with E-state index in [9.17, 15) is 4.79 Å². The molecule has 1 aliphatic heterocycles. The summed E-state index contributed by atoms with van der Waals surface area (Å²) in [6, 6.07) is 11.2. The van der Waals surface area contributed by atoms with Crippen LogP contribution in [0.2, 0.25) is 0 Å². The number of nitrogens with one attached hydrogen (secondary N) is 1. The molecule has 3 nitrogen and oxygen atoms in total. The second-order valence-electron chi connectivity index (χ2n) is 6.97. The lowest BCUT2D eigenvalue weighted by molar-refractivity contribution is -0.135. The number of amides is 1. The number of halogens is 1. The Bertz CT molecular complexity index is 485. The van der Waals surface area contributed by atoms with Crippen LogP contribution in [0.5, 0.6) is 0 Å². The minimum Gasteiger partial charge on any atom is -0.337 e. The smallest absolute Gasteiger partial charge is 0.223 e. The lowest BCUT2D eigenvalue weighted by atomic mass is 9.77. The van der Waals surface area contributed by atoms with E-state index in [4.69, 9.17) is 0 Å². The van der Waals surface area contributed by atoms with Crippen molar-refractivity contribution in [3.8, 4) is 0 Å². The summed E-state index contributed by atoms with van der Waals surface area (Å²) in [5, 5.41) is 3.35. The van der Waals surface area contributed by atoms with Gasteiger partial charge in [0, 0.05) is 32.1 Å². The molecular formula is C19H29ClN2O. The molecule has 1 heterocycles. The van der Waals surface area contributed by atoms with Crippen LogP contribution < -0.4 is 5.32 Å². The van der Waals surface area contributed by atoms with Gasteiger partial charge in [-0.15, -0.1) is 12.4 Å². The van der Waals surface area contributed by atoms with Crippen molar-refractivity contribution in [1.29, 1.82) is 0 Å². The zero-order valence-electron chi connectivity index (χ0n) is 14.0. The Balaban J connectivity index is 0.00000192. The normalized spacial score (nSPS) is 28.0. The van der Waals surface area contributed by atoms with Crippen molar-refractivity contribution in [3.05, 3.63) is 35.9 Å². The number of hydrogen-bond donors (Lipinski definition) is 1. The van der Waals surface area contributed by atoms with Crippen molar-refractivity contribution >= 4 is 18.3 Å². The van der Waals surface area contributed by atoms with E-state index in [1.807, 2.05) is 0 Å². The third-order valence-corrected chi connectivity index (χ3v) is 5.40. The van der Waals surface area contributed by atoms with Gasteiger partial charge in [0.1, 0.15) is 0 Å². The molecule has 0 aromatic heterocycles. The molecule has 1 atom stereocenters. The summed E-state index contributed by atoms with van der Waals surface area (Å²) in [6.45, 7) is 4.90. The van der Waals surface area contributed by atoms with E-state index in [0.29, 0.717) is 23.8 Å². The highest BCUT2D eigenvalue weighted by Crippen LogP contribution is 2.37. The largest absolute Gasteiger partial charge is 0.337 e. The van der Waals surface area contributed by atoms with Crippen molar-refractivity contribution < 1.29 is 4.79 Å². The number of rotatable bonds is 3. The summed E-state index contributed by atoms with van der Waals surface area (Å²) < 4.78 is 0. The first-order chi connectivity index (χ1) is 10.7. The highest BCUT2D eigenvalue weighted by molar-refractivity contribution is 5.85. The average molecular weight is 337 g/mol. The third kappa shape index (κ3) is 4.71. The first-order valence-corrected chi connectivity index (χ1v) is 8.79. The van der Waals surface area contributed by atoms with Gasteiger partial charge >= 0.3 is 0 Å². The molecule has 3 rings (SSSR count). The highest BCUT2D eigenvalue weighted by atomic mass is 35.5. The molecule has 1 aliphatic carbocycles. The van der Waals surface area contributed by atoms with Crippen molar-refractivity contribution in [1.82, 2.24) is 10.2 Å². The number of hydrogen-bond acceptors (Lipinski definition) is 2. The van der Waals surface area contributed by atoms with Gasteiger partial charge in [0.25, 0.3) is 0 Å². The standard InChI is InChI=1S/C19H28N2O.ClH/c1-15-14-20-11-12-21(15)19(22)13-16-7-9-18(10-8-16)17-5-3-2-4-6-17;/h2-6,15-16,18,20H,7-14H2,1H3;1H/t15-,16?,18?;/m0./s1. The minimum atomic E-state index is 0. The summed E-state index contributed by atoms with van der Waals surface area (Å²) >= 11 is 0. The quantitative estimate of drug-likeness (QED) is 0.914. The zero-order valence-corrected chi connectivity index (χ0v) is 14.9. The Morgan fingerprint density at radius 2 is 1.87 bits per heavy atom. The number of nitrogens with zero attached hydrogens (tertiary/aromatic N) is 1.